The summed E-state index contributed by atoms with van der Waals surface area (Å²) < 4.78 is 30.3. The quantitative estimate of drug-likeness (QED) is 0.531. The molecule has 0 heterocycles. The average Bonchev–Trinajstić information content (AvgIpc) is 2.37. The molecule has 1 amide bonds. The summed E-state index contributed by atoms with van der Waals surface area (Å²) in [6, 6.07) is 5.93. The van der Waals surface area contributed by atoms with Crippen LogP contribution in [0, 0.1) is 5.41 Å². The molecule has 9 heteroatoms. The van der Waals surface area contributed by atoms with E-state index in [1.807, 2.05) is 0 Å². The second-order valence-electron chi connectivity index (χ2n) is 3.53. The van der Waals surface area contributed by atoms with E-state index in [1.165, 1.54) is 31.3 Å². The van der Waals surface area contributed by atoms with Crippen LogP contribution in [0.4, 0.5) is 10.5 Å². The molecule has 0 fully saturated rings. The van der Waals surface area contributed by atoms with E-state index in [1.54, 1.807) is 4.72 Å². The highest BCUT2D eigenvalue weighted by molar-refractivity contribution is 7.91. The summed E-state index contributed by atoms with van der Waals surface area (Å²) in [5, 5.41) is 7.23. The smallest absolute Gasteiger partial charge is 0.422 e. The lowest BCUT2D eigenvalue weighted by molar-refractivity contribution is 0.177. The number of carbonyl (C=O) groups excluding carboxylic acids is 1. The van der Waals surface area contributed by atoms with Crippen molar-refractivity contribution >= 4 is 27.8 Å². The molecular weight excluding hydrogens is 272 g/mol. The molecule has 0 unspecified atom stereocenters. The number of amidine groups is 1. The summed E-state index contributed by atoms with van der Waals surface area (Å²) in [4.78, 5) is 10.9. The van der Waals surface area contributed by atoms with Crippen LogP contribution >= 0.6 is 0 Å². The van der Waals surface area contributed by atoms with Crippen molar-refractivity contribution in [2.45, 2.75) is 0 Å². The SMILES string of the molecule is COC(=O)NS(=O)(=O)N(C)c1ccc(C(=N)N)cc1. The van der Waals surface area contributed by atoms with Crippen LogP contribution < -0.4 is 14.8 Å². The van der Waals surface area contributed by atoms with Gasteiger partial charge in [-0.1, -0.05) is 0 Å². The topological polar surface area (TPSA) is 126 Å². The van der Waals surface area contributed by atoms with Gasteiger partial charge in [0.2, 0.25) is 0 Å². The van der Waals surface area contributed by atoms with Crippen LogP contribution in [0.15, 0.2) is 24.3 Å². The lowest BCUT2D eigenvalue weighted by atomic mass is 10.2. The molecule has 8 nitrogen and oxygen atoms in total. The molecule has 1 aromatic carbocycles. The Kier molecular flexibility index (Phi) is 4.33. The molecular formula is C10H14N4O4S. The van der Waals surface area contributed by atoms with E-state index >= 15 is 0 Å². The van der Waals surface area contributed by atoms with Gasteiger partial charge in [0.05, 0.1) is 12.8 Å². The second-order valence-corrected chi connectivity index (χ2v) is 5.23. The second kappa shape index (κ2) is 5.57. The number of amides is 1. The van der Waals surface area contributed by atoms with Crippen LogP contribution in [0.3, 0.4) is 0 Å². The molecule has 0 bridgehead atoms. The maximum atomic E-state index is 11.8. The van der Waals surface area contributed by atoms with Gasteiger partial charge < -0.3 is 10.5 Å². The molecule has 104 valence electrons. The molecule has 0 radical (unpaired) electrons. The Morgan fingerprint density at radius 2 is 1.89 bits per heavy atom. The van der Waals surface area contributed by atoms with Gasteiger partial charge >= 0.3 is 16.3 Å². The maximum absolute atomic E-state index is 11.8. The predicted octanol–water partition coefficient (Wildman–Crippen LogP) is 0.00767. The van der Waals surface area contributed by atoms with E-state index in [2.05, 4.69) is 4.74 Å². The molecule has 0 spiro atoms. The number of benzene rings is 1. The summed E-state index contributed by atoms with van der Waals surface area (Å²) in [6.45, 7) is 0. The fraction of sp³-hybridized carbons (Fsp3) is 0.200. The standard InChI is InChI=1S/C10H14N4O4S/c1-14(19(16,17)13-10(15)18-2)8-5-3-7(4-6-8)9(11)12/h3-6H,1-2H3,(H3,11,12)(H,13,15). The minimum absolute atomic E-state index is 0.121. The number of anilines is 1. The number of ether oxygens (including phenoxy) is 1. The van der Waals surface area contributed by atoms with Crippen molar-refractivity contribution in [3.8, 4) is 0 Å². The highest BCUT2D eigenvalue weighted by Gasteiger charge is 2.21. The van der Waals surface area contributed by atoms with Crippen molar-refractivity contribution in [2.24, 2.45) is 5.73 Å². The number of carbonyl (C=O) groups is 1. The van der Waals surface area contributed by atoms with E-state index in [-0.39, 0.29) is 5.84 Å². The minimum atomic E-state index is -4.03. The Morgan fingerprint density at radius 1 is 1.37 bits per heavy atom. The zero-order chi connectivity index (χ0) is 14.6. The van der Waals surface area contributed by atoms with Gasteiger partial charge in [-0.3, -0.25) is 9.71 Å². The molecule has 0 aliphatic rings. The van der Waals surface area contributed by atoms with Crippen LogP contribution in [0.25, 0.3) is 0 Å². The Morgan fingerprint density at radius 3 is 2.32 bits per heavy atom. The van der Waals surface area contributed by atoms with Crippen LogP contribution in [0.1, 0.15) is 5.56 Å². The number of nitrogens with zero attached hydrogens (tertiary/aromatic N) is 1. The van der Waals surface area contributed by atoms with Gasteiger partial charge in [0.1, 0.15) is 5.84 Å². The molecule has 0 atom stereocenters. The number of hydrogen-bond acceptors (Lipinski definition) is 5. The molecule has 1 rings (SSSR count). The molecule has 1 aromatic rings. The van der Waals surface area contributed by atoms with Gasteiger partial charge in [-0.2, -0.15) is 8.42 Å². The summed E-state index contributed by atoms with van der Waals surface area (Å²) in [5.74, 6) is -0.121. The van der Waals surface area contributed by atoms with Crippen molar-refractivity contribution in [3.05, 3.63) is 29.8 Å². The Balaban J connectivity index is 2.96. The van der Waals surface area contributed by atoms with Gasteiger partial charge in [-0.25, -0.2) is 9.52 Å². The minimum Gasteiger partial charge on any atom is -0.452 e. The monoisotopic (exact) mass is 286 g/mol. The number of nitrogen functional groups attached to an aromatic ring is 1. The van der Waals surface area contributed by atoms with E-state index in [0.717, 1.165) is 11.4 Å². The van der Waals surface area contributed by atoms with Crippen molar-refractivity contribution in [1.82, 2.24) is 4.72 Å². The lowest BCUT2D eigenvalue weighted by Gasteiger charge is -2.19. The molecule has 0 aliphatic carbocycles. The summed E-state index contributed by atoms with van der Waals surface area (Å²) in [6.07, 6.45) is -1.08. The van der Waals surface area contributed by atoms with Crippen LogP contribution in [0.2, 0.25) is 0 Å². The van der Waals surface area contributed by atoms with Crippen molar-refractivity contribution in [3.63, 3.8) is 0 Å². The van der Waals surface area contributed by atoms with E-state index in [4.69, 9.17) is 11.1 Å². The average molecular weight is 286 g/mol. The first-order valence-electron chi connectivity index (χ1n) is 5.07. The van der Waals surface area contributed by atoms with Gasteiger partial charge in [0.25, 0.3) is 0 Å². The molecule has 4 N–H and O–H groups in total. The lowest BCUT2D eigenvalue weighted by Crippen LogP contribution is -2.41. The fourth-order valence-corrected chi connectivity index (χ4v) is 2.04. The summed E-state index contributed by atoms with van der Waals surface area (Å²) in [5.41, 5.74) is 6.06. The third-order valence-corrected chi connectivity index (χ3v) is 3.66. The fourth-order valence-electron chi connectivity index (χ4n) is 1.21. The number of hydrogen-bond donors (Lipinski definition) is 3. The molecule has 0 saturated heterocycles. The third-order valence-electron chi connectivity index (χ3n) is 2.30. The van der Waals surface area contributed by atoms with Crippen LogP contribution in [0.5, 0.6) is 0 Å². The van der Waals surface area contributed by atoms with E-state index in [0.29, 0.717) is 11.3 Å². The molecule has 0 aliphatic heterocycles. The first-order valence-corrected chi connectivity index (χ1v) is 6.51. The Labute approximate surface area is 110 Å². The molecule has 0 saturated carbocycles. The first kappa shape index (κ1) is 14.8. The van der Waals surface area contributed by atoms with Gasteiger partial charge in [0.15, 0.2) is 0 Å². The normalized spacial score (nSPS) is 10.6. The highest BCUT2D eigenvalue weighted by Crippen LogP contribution is 2.16. The van der Waals surface area contributed by atoms with E-state index in [9.17, 15) is 13.2 Å². The number of nitrogens with two attached hydrogens (primary N) is 1. The zero-order valence-electron chi connectivity index (χ0n) is 10.4. The maximum Gasteiger partial charge on any atom is 0.422 e. The van der Waals surface area contributed by atoms with Gasteiger partial charge in [0, 0.05) is 12.6 Å². The highest BCUT2D eigenvalue weighted by atomic mass is 32.2. The third kappa shape index (κ3) is 3.58. The Bertz CT molecular complexity index is 582. The molecule has 19 heavy (non-hydrogen) atoms. The van der Waals surface area contributed by atoms with Gasteiger partial charge in [-0.05, 0) is 24.3 Å². The first-order chi connectivity index (χ1) is 8.77. The van der Waals surface area contributed by atoms with Crippen molar-refractivity contribution < 1.29 is 17.9 Å². The number of nitrogens with one attached hydrogen (secondary N) is 2. The van der Waals surface area contributed by atoms with E-state index < -0.39 is 16.3 Å². The molecule has 0 aromatic heterocycles. The number of rotatable bonds is 4. The van der Waals surface area contributed by atoms with Crippen molar-refractivity contribution in [1.29, 1.82) is 5.41 Å². The zero-order valence-corrected chi connectivity index (χ0v) is 11.2. The van der Waals surface area contributed by atoms with Gasteiger partial charge in [-0.15, -0.1) is 0 Å². The number of methoxy groups -OCH3 is 1. The summed E-state index contributed by atoms with van der Waals surface area (Å²) >= 11 is 0. The Hall–Kier alpha value is -2.29. The largest absolute Gasteiger partial charge is 0.452 e. The predicted molar refractivity (Wildman–Crippen MR) is 70.3 cm³/mol. The van der Waals surface area contributed by atoms with Crippen molar-refractivity contribution in [2.75, 3.05) is 18.5 Å². The summed E-state index contributed by atoms with van der Waals surface area (Å²) in [7, 11) is -1.70. The van der Waals surface area contributed by atoms with Crippen LogP contribution in [-0.2, 0) is 14.9 Å². The van der Waals surface area contributed by atoms with Crippen LogP contribution in [-0.4, -0.2) is 34.5 Å².